The van der Waals surface area contributed by atoms with Crippen molar-refractivity contribution in [3.63, 3.8) is 0 Å². The normalized spacial score (nSPS) is 22.4. The summed E-state index contributed by atoms with van der Waals surface area (Å²) < 4.78 is 0. The number of para-hydroxylation sites is 1. The Hall–Kier alpha value is -3.85. The number of aryl methyl sites for hydroxylation is 1. The molecule has 5 rings (SSSR count). The van der Waals surface area contributed by atoms with E-state index in [4.69, 9.17) is 5.73 Å². The number of rotatable bonds is 2. The maximum Gasteiger partial charge on any atom is 0.245 e. The van der Waals surface area contributed by atoms with Crippen molar-refractivity contribution in [1.29, 1.82) is 5.26 Å². The van der Waals surface area contributed by atoms with Crippen molar-refractivity contribution in [1.82, 2.24) is 0 Å². The number of hydrogen-bond donors (Lipinski definition) is 2. The Labute approximate surface area is 180 Å². The standard InChI is InChI=1S/C25H22N4O2/c1-2-15-10-12-16(13-11-15)29-20-8-5-9-21(30)22(20)25(18(14-26)23(29)27)17-6-3-4-7-19(17)28-24(25)31/h3-4,6-7,10-13H,2,5,8-9,27H2,1H3,(H,28,31)/t25-/m1/s1. The highest BCUT2D eigenvalue weighted by atomic mass is 16.2. The number of ketones is 1. The van der Waals surface area contributed by atoms with Crippen molar-refractivity contribution in [2.45, 2.75) is 38.0 Å². The maximum atomic E-state index is 13.5. The van der Waals surface area contributed by atoms with E-state index in [1.807, 2.05) is 36.4 Å². The average Bonchev–Trinajstić information content (AvgIpc) is 3.07. The van der Waals surface area contributed by atoms with Crippen LogP contribution in [0.5, 0.6) is 0 Å². The summed E-state index contributed by atoms with van der Waals surface area (Å²) in [6.07, 6.45) is 2.53. The summed E-state index contributed by atoms with van der Waals surface area (Å²) in [7, 11) is 0. The Bertz CT molecular complexity index is 1230. The lowest BCUT2D eigenvalue weighted by Crippen LogP contribution is -2.50. The Morgan fingerprint density at radius 3 is 2.58 bits per heavy atom. The van der Waals surface area contributed by atoms with Crippen molar-refractivity contribution in [3.05, 3.63) is 82.3 Å². The summed E-state index contributed by atoms with van der Waals surface area (Å²) in [5, 5.41) is 13.1. The molecule has 1 aliphatic carbocycles. The van der Waals surface area contributed by atoms with Gasteiger partial charge in [-0.2, -0.15) is 5.26 Å². The molecule has 0 fully saturated rings. The molecule has 0 bridgehead atoms. The molecule has 0 saturated carbocycles. The van der Waals surface area contributed by atoms with Gasteiger partial charge in [0, 0.05) is 34.6 Å². The number of carbonyl (C=O) groups is 2. The monoisotopic (exact) mass is 410 g/mol. The Morgan fingerprint density at radius 2 is 1.87 bits per heavy atom. The number of amides is 1. The van der Waals surface area contributed by atoms with E-state index in [1.54, 1.807) is 17.0 Å². The van der Waals surface area contributed by atoms with Gasteiger partial charge in [-0.25, -0.2) is 0 Å². The molecule has 1 spiro atoms. The minimum Gasteiger partial charge on any atom is -0.384 e. The number of anilines is 2. The van der Waals surface area contributed by atoms with Gasteiger partial charge in [-0.05, 0) is 43.0 Å². The highest BCUT2D eigenvalue weighted by Crippen LogP contribution is 2.54. The number of benzene rings is 2. The fourth-order valence-corrected chi connectivity index (χ4v) is 5.12. The molecule has 2 aromatic rings. The van der Waals surface area contributed by atoms with Gasteiger partial charge in [0.1, 0.15) is 17.3 Å². The minimum absolute atomic E-state index is 0.100. The largest absolute Gasteiger partial charge is 0.384 e. The molecule has 1 amide bonds. The summed E-state index contributed by atoms with van der Waals surface area (Å²) in [5.74, 6) is -0.299. The summed E-state index contributed by atoms with van der Waals surface area (Å²) >= 11 is 0. The van der Waals surface area contributed by atoms with Crippen molar-refractivity contribution >= 4 is 23.1 Å². The quantitative estimate of drug-likeness (QED) is 0.787. The molecule has 6 nitrogen and oxygen atoms in total. The number of nitrogens with one attached hydrogen (secondary N) is 1. The number of nitrogens with two attached hydrogens (primary N) is 1. The molecule has 3 aliphatic rings. The number of carbonyl (C=O) groups excluding carboxylic acids is 2. The fourth-order valence-electron chi connectivity index (χ4n) is 5.12. The molecule has 2 aromatic carbocycles. The Kier molecular flexibility index (Phi) is 4.23. The highest BCUT2D eigenvalue weighted by Gasteiger charge is 2.59. The molecule has 0 unspecified atom stereocenters. The molecule has 154 valence electrons. The van der Waals surface area contributed by atoms with Crippen LogP contribution >= 0.6 is 0 Å². The summed E-state index contributed by atoms with van der Waals surface area (Å²) in [5.41, 5.74) is 9.50. The zero-order valence-corrected chi connectivity index (χ0v) is 17.2. The zero-order valence-electron chi connectivity index (χ0n) is 17.2. The van der Waals surface area contributed by atoms with Crippen LogP contribution in [0.1, 0.15) is 37.3 Å². The first-order valence-corrected chi connectivity index (χ1v) is 10.5. The maximum absolute atomic E-state index is 13.5. The third-order valence-electron chi connectivity index (χ3n) is 6.54. The number of Topliss-reactive ketones (excluding diaryl/α,β-unsaturated/α-hetero) is 1. The Balaban J connectivity index is 1.84. The van der Waals surface area contributed by atoms with E-state index >= 15 is 0 Å². The van der Waals surface area contributed by atoms with Gasteiger partial charge >= 0.3 is 0 Å². The number of allylic oxidation sites excluding steroid dienone is 1. The minimum atomic E-state index is -1.50. The second kappa shape index (κ2) is 6.85. The zero-order chi connectivity index (χ0) is 21.8. The second-order valence-electron chi connectivity index (χ2n) is 8.08. The Morgan fingerprint density at radius 1 is 1.13 bits per heavy atom. The van der Waals surface area contributed by atoms with Crippen molar-refractivity contribution in [3.8, 4) is 6.07 Å². The molecule has 0 saturated heterocycles. The van der Waals surface area contributed by atoms with E-state index in [-0.39, 0.29) is 17.2 Å². The van der Waals surface area contributed by atoms with Crippen LogP contribution in [-0.2, 0) is 21.4 Å². The number of fused-ring (bicyclic) bond motifs is 3. The van der Waals surface area contributed by atoms with Gasteiger partial charge in [-0.1, -0.05) is 37.3 Å². The number of nitrogens with zero attached hydrogens (tertiary/aromatic N) is 2. The van der Waals surface area contributed by atoms with E-state index < -0.39 is 11.3 Å². The van der Waals surface area contributed by atoms with Gasteiger partial charge < -0.3 is 11.1 Å². The molecule has 2 heterocycles. The molecule has 31 heavy (non-hydrogen) atoms. The first-order chi connectivity index (χ1) is 15.0. The molecular formula is C25H22N4O2. The van der Waals surface area contributed by atoms with E-state index in [9.17, 15) is 14.9 Å². The van der Waals surface area contributed by atoms with Gasteiger partial charge in [0.05, 0.1) is 5.57 Å². The smallest absolute Gasteiger partial charge is 0.245 e. The van der Waals surface area contributed by atoms with Crippen LogP contribution < -0.4 is 16.0 Å². The van der Waals surface area contributed by atoms with Crippen LogP contribution in [0.2, 0.25) is 0 Å². The predicted octanol–water partition coefficient (Wildman–Crippen LogP) is 3.66. The lowest BCUT2D eigenvalue weighted by Gasteiger charge is -2.43. The van der Waals surface area contributed by atoms with E-state index in [0.29, 0.717) is 41.8 Å². The first kappa shape index (κ1) is 19.1. The number of nitriles is 1. The second-order valence-corrected chi connectivity index (χ2v) is 8.08. The van der Waals surface area contributed by atoms with Crippen LogP contribution in [0, 0.1) is 11.3 Å². The van der Waals surface area contributed by atoms with Crippen LogP contribution in [0.3, 0.4) is 0 Å². The molecule has 0 radical (unpaired) electrons. The van der Waals surface area contributed by atoms with E-state index in [2.05, 4.69) is 18.3 Å². The van der Waals surface area contributed by atoms with Crippen LogP contribution in [-0.4, -0.2) is 11.7 Å². The van der Waals surface area contributed by atoms with E-state index in [1.165, 1.54) is 5.56 Å². The molecule has 0 aromatic heterocycles. The third-order valence-corrected chi connectivity index (χ3v) is 6.54. The molecule has 6 heteroatoms. The molecule has 3 N–H and O–H groups in total. The summed E-state index contributed by atoms with van der Waals surface area (Å²) in [6, 6.07) is 17.4. The predicted molar refractivity (Wildman–Crippen MR) is 118 cm³/mol. The molecule has 1 atom stereocenters. The topological polar surface area (TPSA) is 99.2 Å². The van der Waals surface area contributed by atoms with Crippen LogP contribution in [0.25, 0.3) is 0 Å². The lowest BCUT2D eigenvalue weighted by molar-refractivity contribution is -0.122. The van der Waals surface area contributed by atoms with Gasteiger partial charge in [0.15, 0.2) is 5.78 Å². The third kappa shape index (κ3) is 2.43. The molecule has 2 aliphatic heterocycles. The van der Waals surface area contributed by atoms with E-state index in [0.717, 1.165) is 12.1 Å². The van der Waals surface area contributed by atoms with Gasteiger partial charge in [0.2, 0.25) is 5.91 Å². The van der Waals surface area contributed by atoms with Crippen LogP contribution in [0.15, 0.2) is 71.2 Å². The van der Waals surface area contributed by atoms with Crippen molar-refractivity contribution < 1.29 is 9.59 Å². The average molecular weight is 410 g/mol. The highest BCUT2D eigenvalue weighted by molar-refractivity contribution is 6.19. The lowest BCUT2D eigenvalue weighted by atomic mass is 9.64. The summed E-state index contributed by atoms with van der Waals surface area (Å²) in [6.45, 7) is 2.08. The van der Waals surface area contributed by atoms with Gasteiger partial charge in [0.25, 0.3) is 0 Å². The fraction of sp³-hybridized carbons (Fsp3) is 0.240. The first-order valence-electron chi connectivity index (χ1n) is 10.5. The van der Waals surface area contributed by atoms with Gasteiger partial charge in [-0.15, -0.1) is 0 Å². The summed E-state index contributed by atoms with van der Waals surface area (Å²) in [4.78, 5) is 28.6. The number of hydrogen-bond acceptors (Lipinski definition) is 5. The van der Waals surface area contributed by atoms with Crippen LogP contribution in [0.4, 0.5) is 11.4 Å². The van der Waals surface area contributed by atoms with Crippen molar-refractivity contribution in [2.75, 3.05) is 10.2 Å². The SMILES string of the molecule is CCc1ccc(N2C(N)=C(C#N)[C@@]3(C(=O)Nc4ccccc43)C3=C2CCCC3=O)cc1. The van der Waals surface area contributed by atoms with Gasteiger partial charge in [-0.3, -0.25) is 14.5 Å². The van der Waals surface area contributed by atoms with Crippen molar-refractivity contribution in [2.24, 2.45) is 5.73 Å². The molecular weight excluding hydrogens is 388 g/mol.